The molecule has 3 aromatic rings. The van der Waals surface area contributed by atoms with Gasteiger partial charge in [-0.25, -0.2) is 0 Å². The van der Waals surface area contributed by atoms with Gasteiger partial charge >= 0.3 is 0 Å². The molecule has 7 heteroatoms. The molecule has 0 aliphatic carbocycles. The average molecular weight is 363 g/mol. The van der Waals surface area contributed by atoms with Crippen LogP contribution in [0.25, 0.3) is 5.69 Å². The number of thioether (sulfide) groups is 1. The second-order valence-electron chi connectivity index (χ2n) is 5.64. The topological polar surface area (TPSA) is 83.6 Å². The maximum absolute atomic E-state index is 12.2. The summed E-state index contributed by atoms with van der Waals surface area (Å²) in [6.45, 7) is 2.02. The van der Waals surface area contributed by atoms with Crippen molar-refractivity contribution in [3.05, 3.63) is 66.0 Å². The Morgan fingerprint density at radius 2 is 2.00 bits per heavy atom. The third-order valence-corrected chi connectivity index (χ3v) is 4.69. The summed E-state index contributed by atoms with van der Waals surface area (Å²) < 4.78 is 1.88. The molecule has 0 fully saturated rings. The molecule has 0 atom stereocenters. The van der Waals surface area contributed by atoms with Crippen LogP contribution in [0.15, 0.2) is 60.0 Å². The van der Waals surface area contributed by atoms with E-state index in [9.17, 15) is 4.79 Å². The fourth-order valence-electron chi connectivity index (χ4n) is 2.45. The number of hydrogen-bond donors (Lipinski definition) is 1. The molecule has 1 heterocycles. The van der Waals surface area contributed by atoms with Crippen molar-refractivity contribution in [1.29, 1.82) is 5.26 Å². The number of carbonyl (C=O) groups excluding carboxylic acids is 1. The number of hydrogen-bond acceptors (Lipinski definition) is 5. The molecule has 6 nitrogen and oxygen atoms in total. The maximum atomic E-state index is 12.2. The predicted molar refractivity (Wildman–Crippen MR) is 101 cm³/mol. The number of benzene rings is 2. The molecular formula is C19H17N5OS. The van der Waals surface area contributed by atoms with Gasteiger partial charge in [-0.1, -0.05) is 42.1 Å². The van der Waals surface area contributed by atoms with Crippen LogP contribution in [0.3, 0.4) is 0 Å². The number of para-hydroxylation sites is 1. The molecule has 26 heavy (non-hydrogen) atoms. The van der Waals surface area contributed by atoms with Gasteiger partial charge in [0.05, 0.1) is 23.9 Å². The smallest absolute Gasteiger partial charge is 0.234 e. The standard InChI is InChI=1S/C19H17N5OS/c1-14-4-2-3-5-17(14)24-13-21-23-19(24)26-12-18(25)22-16-8-6-15(7-9-16)10-11-20/h2-9,13H,10,12H2,1H3,(H,22,25). The van der Waals surface area contributed by atoms with Crippen molar-refractivity contribution in [2.75, 3.05) is 11.1 Å². The summed E-state index contributed by atoms with van der Waals surface area (Å²) in [4.78, 5) is 12.2. The van der Waals surface area contributed by atoms with Gasteiger partial charge in [0, 0.05) is 5.69 Å². The second-order valence-corrected chi connectivity index (χ2v) is 6.58. The van der Waals surface area contributed by atoms with Crippen LogP contribution in [-0.2, 0) is 11.2 Å². The van der Waals surface area contributed by atoms with Crippen LogP contribution in [0.1, 0.15) is 11.1 Å². The minimum absolute atomic E-state index is 0.123. The lowest BCUT2D eigenvalue weighted by Crippen LogP contribution is -2.14. The van der Waals surface area contributed by atoms with Crippen molar-refractivity contribution < 1.29 is 4.79 Å². The Balaban J connectivity index is 1.61. The number of nitriles is 1. The Morgan fingerprint density at radius 1 is 1.23 bits per heavy atom. The average Bonchev–Trinajstić information content (AvgIpc) is 3.11. The number of rotatable bonds is 6. The van der Waals surface area contributed by atoms with Gasteiger partial charge in [-0.3, -0.25) is 9.36 Å². The van der Waals surface area contributed by atoms with Gasteiger partial charge < -0.3 is 5.32 Å². The lowest BCUT2D eigenvalue weighted by atomic mass is 10.1. The van der Waals surface area contributed by atoms with Crippen molar-refractivity contribution in [2.24, 2.45) is 0 Å². The summed E-state index contributed by atoms with van der Waals surface area (Å²) >= 11 is 1.33. The fourth-order valence-corrected chi connectivity index (χ4v) is 3.17. The summed E-state index contributed by atoms with van der Waals surface area (Å²) in [5.74, 6) is 0.104. The number of carbonyl (C=O) groups is 1. The van der Waals surface area contributed by atoms with E-state index in [1.54, 1.807) is 18.5 Å². The van der Waals surface area contributed by atoms with Gasteiger partial charge in [0.1, 0.15) is 6.33 Å². The fraction of sp³-hybridized carbons (Fsp3) is 0.158. The Morgan fingerprint density at radius 3 is 2.73 bits per heavy atom. The first-order chi connectivity index (χ1) is 12.7. The Labute approximate surface area is 155 Å². The van der Waals surface area contributed by atoms with E-state index < -0.39 is 0 Å². The van der Waals surface area contributed by atoms with Crippen LogP contribution in [0, 0.1) is 18.3 Å². The molecule has 0 radical (unpaired) electrons. The van der Waals surface area contributed by atoms with Crippen molar-refractivity contribution in [1.82, 2.24) is 14.8 Å². The molecule has 0 aliphatic heterocycles. The van der Waals surface area contributed by atoms with E-state index in [0.29, 0.717) is 17.3 Å². The zero-order chi connectivity index (χ0) is 18.4. The van der Waals surface area contributed by atoms with Gasteiger partial charge in [0.15, 0.2) is 5.16 Å². The SMILES string of the molecule is Cc1ccccc1-n1cnnc1SCC(=O)Nc1ccc(CC#N)cc1. The summed E-state index contributed by atoms with van der Waals surface area (Å²) in [7, 11) is 0. The molecule has 0 saturated carbocycles. The number of nitrogens with one attached hydrogen (secondary N) is 1. The van der Waals surface area contributed by atoms with E-state index in [4.69, 9.17) is 5.26 Å². The molecule has 0 unspecified atom stereocenters. The third-order valence-electron chi connectivity index (χ3n) is 3.74. The van der Waals surface area contributed by atoms with Crippen LogP contribution in [-0.4, -0.2) is 26.4 Å². The van der Waals surface area contributed by atoms with Crippen molar-refractivity contribution in [3.8, 4) is 11.8 Å². The molecule has 1 aromatic heterocycles. The summed E-state index contributed by atoms with van der Waals surface area (Å²) in [6, 6.07) is 17.3. The maximum Gasteiger partial charge on any atom is 0.234 e. The van der Waals surface area contributed by atoms with Crippen LogP contribution < -0.4 is 5.32 Å². The molecule has 130 valence electrons. The van der Waals surface area contributed by atoms with Crippen LogP contribution in [0.4, 0.5) is 5.69 Å². The van der Waals surface area contributed by atoms with Gasteiger partial charge in [0.2, 0.25) is 5.91 Å². The quantitative estimate of drug-likeness (QED) is 0.679. The highest BCUT2D eigenvalue weighted by atomic mass is 32.2. The van der Waals surface area contributed by atoms with Crippen LogP contribution in [0.2, 0.25) is 0 Å². The van der Waals surface area contributed by atoms with E-state index in [1.165, 1.54) is 11.8 Å². The molecule has 0 saturated heterocycles. The molecule has 2 aromatic carbocycles. The van der Waals surface area contributed by atoms with Gasteiger partial charge in [-0.15, -0.1) is 10.2 Å². The monoisotopic (exact) mass is 363 g/mol. The highest BCUT2D eigenvalue weighted by Gasteiger charge is 2.11. The van der Waals surface area contributed by atoms with E-state index in [1.807, 2.05) is 47.9 Å². The summed E-state index contributed by atoms with van der Waals surface area (Å²) in [5, 5.41) is 20.3. The number of nitrogens with zero attached hydrogens (tertiary/aromatic N) is 4. The van der Waals surface area contributed by atoms with E-state index >= 15 is 0 Å². The zero-order valence-corrected chi connectivity index (χ0v) is 15.0. The Bertz CT molecular complexity index is 943. The molecule has 0 aliphatic rings. The number of anilines is 1. The molecule has 1 amide bonds. The predicted octanol–water partition coefficient (Wildman–Crippen LogP) is 3.37. The number of amides is 1. The van der Waals surface area contributed by atoms with Crippen molar-refractivity contribution in [2.45, 2.75) is 18.5 Å². The Hall–Kier alpha value is -3.11. The minimum Gasteiger partial charge on any atom is -0.325 e. The van der Waals surface area contributed by atoms with Crippen LogP contribution in [0.5, 0.6) is 0 Å². The molecule has 1 N–H and O–H groups in total. The largest absolute Gasteiger partial charge is 0.325 e. The summed E-state index contributed by atoms with van der Waals surface area (Å²) in [6.07, 6.45) is 2.01. The highest BCUT2D eigenvalue weighted by Crippen LogP contribution is 2.22. The highest BCUT2D eigenvalue weighted by molar-refractivity contribution is 7.99. The number of aromatic nitrogens is 3. The first kappa shape index (κ1) is 17.7. The van der Waals surface area contributed by atoms with Gasteiger partial charge in [-0.05, 0) is 36.2 Å². The molecule has 0 bridgehead atoms. The van der Waals surface area contributed by atoms with E-state index in [0.717, 1.165) is 16.8 Å². The zero-order valence-electron chi connectivity index (χ0n) is 14.2. The lowest BCUT2D eigenvalue weighted by Gasteiger charge is -2.09. The summed E-state index contributed by atoms with van der Waals surface area (Å²) in [5.41, 5.74) is 3.73. The first-order valence-corrected chi connectivity index (χ1v) is 9.00. The molecule has 0 spiro atoms. The minimum atomic E-state index is -0.123. The van der Waals surface area contributed by atoms with Crippen LogP contribution >= 0.6 is 11.8 Å². The first-order valence-electron chi connectivity index (χ1n) is 8.02. The molecular weight excluding hydrogens is 346 g/mol. The van der Waals surface area contributed by atoms with Crippen molar-refractivity contribution >= 4 is 23.4 Å². The second kappa shape index (κ2) is 8.32. The third kappa shape index (κ3) is 4.29. The lowest BCUT2D eigenvalue weighted by molar-refractivity contribution is -0.113. The normalized spacial score (nSPS) is 10.3. The van der Waals surface area contributed by atoms with Gasteiger partial charge in [0.25, 0.3) is 0 Å². The Kier molecular flexibility index (Phi) is 5.66. The van der Waals surface area contributed by atoms with E-state index in [-0.39, 0.29) is 11.7 Å². The molecule has 3 rings (SSSR count). The van der Waals surface area contributed by atoms with Crippen molar-refractivity contribution in [3.63, 3.8) is 0 Å². The van der Waals surface area contributed by atoms with Gasteiger partial charge in [-0.2, -0.15) is 5.26 Å². The number of aryl methyl sites for hydroxylation is 1. The van der Waals surface area contributed by atoms with E-state index in [2.05, 4.69) is 21.6 Å².